The SMILES string of the molecule is OCc1nc(-c2cccc(Cl)c2Cl)c(O)cc1N1CCCCC1. The molecule has 0 amide bonds. The Bertz CT molecular complexity index is 716. The average Bonchev–Trinajstić information content (AvgIpc) is 2.58. The van der Waals surface area contributed by atoms with Crippen molar-refractivity contribution in [2.24, 2.45) is 0 Å². The number of piperidine rings is 1. The maximum Gasteiger partial charge on any atom is 0.144 e. The van der Waals surface area contributed by atoms with Gasteiger partial charge in [0.25, 0.3) is 0 Å². The summed E-state index contributed by atoms with van der Waals surface area (Å²) in [6.45, 7) is 1.62. The van der Waals surface area contributed by atoms with Crippen LogP contribution in [-0.4, -0.2) is 28.3 Å². The average molecular weight is 353 g/mol. The van der Waals surface area contributed by atoms with Gasteiger partial charge in [-0.05, 0) is 25.3 Å². The van der Waals surface area contributed by atoms with Crippen molar-refractivity contribution in [2.45, 2.75) is 25.9 Å². The van der Waals surface area contributed by atoms with E-state index in [4.69, 9.17) is 23.2 Å². The molecule has 1 aliphatic heterocycles. The van der Waals surface area contributed by atoms with Crippen LogP contribution in [0.1, 0.15) is 25.0 Å². The first-order valence-electron chi connectivity index (χ1n) is 7.65. The molecule has 1 aromatic heterocycles. The standard InChI is InChI=1S/C17H18Cl2N2O2/c18-12-6-4-5-11(16(12)19)17-15(23)9-14(13(10-22)20-17)21-7-2-1-3-8-21/h4-6,9,22-23H,1-3,7-8,10H2. The van der Waals surface area contributed by atoms with Crippen LogP contribution in [0.25, 0.3) is 11.3 Å². The minimum Gasteiger partial charge on any atom is -0.506 e. The molecule has 2 heterocycles. The molecular formula is C17H18Cl2N2O2. The summed E-state index contributed by atoms with van der Waals surface area (Å²) in [5, 5.41) is 20.9. The summed E-state index contributed by atoms with van der Waals surface area (Å²) < 4.78 is 0. The molecule has 2 N–H and O–H groups in total. The molecule has 0 aliphatic carbocycles. The number of aliphatic hydroxyl groups excluding tert-OH is 1. The number of aromatic nitrogens is 1. The molecule has 1 fully saturated rings. The normalized spacial score (nSPS) is 15.0. The van der Waals surface area contributed by atoms with Gasteiger partial charge in [-0.2, -0.15) is 0 Å². The van der Waals surface area contributed by atoms with Crippen LogP contribution in [0.3, 0.4) is 0 Å². The van der Waals surface area contributed by atoms with Crippen LogP contribution >= 0.6 is 23.2 Å². The minimum absolute atomic E-state index is 0.0342. The predicted octanol–water partition coefficient (Wildman–Crippen LogP) is 4.24. The number of nitrogens with zero attached hydrogens (tertiary/aromatic N) is 2. The van der Waals surface area contributed by atoms with E-state index in [1.165, 1.54) is 6.42 Å². The smallest absolute Gasteiger partial charge is 0.144 e. The molecule has 1 aromatic carbocycles. The monoisotopic (exact) mass is 352 g/mol. The number of hydrogen-bond acceptors (Lipinski definition) is 4. The summed E-state index contributed by atoms with van der Waals surface area (Å²) >= 11 is 12.3. The van der Waals surface area contributed by atoms with Crippen molar-refractivity contribution in [1.29, 1.82) is 0 Å². The summed E-state index contributed by atoms with van der Waals surface area (Å²) in [6.07, 6.45) is 3.42. The van der Waals surface area contributed by atoms with Gasteiger partial charge in [0.1, 0.15) is 11.4 Å². The molecule has 1 aliphatic rings. The molecule has 6 heteroatoms. The van der Waals surface area contributed by atoms with E-state index in [0.717, 1.165) is 31.6 Å². The highest BCUT2D eigenvalue weighted by atomic mass is 35.5. The largest absolute Gasteiger partial charge is 0.506 e. The van der Waals surface area contributed by atoms with Gasteiger partial charge < -0.3 is 15.1 Å². The maximum atomic E-state index is 10.4. The number of anilines is 1. The highest BCUT2D eigenvalue weighted by molar-refractivity contribution is 6.43. The van der Waals surface area contributed by atoms with E-state index >= 15 is 0 Å². The molecule has 0 unspecified atom stereocenters. The fourth-order valence-electron chi connectivity index (χ4n) is 2.94. The maximum absolute atomic E-state index is 10.4. The lowest BCUT2D eigenvalue weighted by atomic mass is 10.1. The van der Waals surface area contributed by atoms with Crippen LogP contribution in [0.2, 0.25) is 10.0 Å². The van der Waals surface area contributed by atoms with Crippen LogP contribution < -0.4 is 4.90 Å². The van der Waals surface area contributed by atoms with Gasteiger partial charge in [-0.15, -0.1) is 0 Å². The molecule has 2 aromatic rings. The predicted molar refractivity (Wildman–Crippen MR) is 93.3 cm³/mol. The first-order valence-corrected chi connectivity index (χ1v) is 8.40. The first kappa shape index (κ1) is 16.4. The van der Waals surface area contributed by atoms with Crippen LogP contribution in [0.5, 0.6) is 5.75 Å². The molecule has 0 spiro atoms. The second-order valence-electron chi connectivity index (χ2n) is 5.63. The number of benzene rings is 1. The Balaban J connectivity index is 2.08. The Morgan fingerprint density at radius 2 is 1.87 bits per heavy atom. The number of pyridine rings is 1. The fourth-order valence-corrected chi connectivity index (χ4v) is 3.33. The molecule has 0 radical (unpaired) electrons. The van der Waals surface area contributed by atoms with Crippen molar-refractivity contribution in [3.05, 3.63) is 40.0 Å². The van der Waals surface area contributed by atoms with Crippen molar-refractivity contribution in [2.75, 3.05) is 18.0 Å². The zero-order valence-electron chi connectivity index (χ0n) is 12.6. The fraction of sp³-hybridized carbons (Fsp3) is 0.353. The minimum atomic E-state index is -0.197. The van der Waals surface area contributed by atoms with Crippen LogP contribution in [0.4, 0.5) is 5.69 Å². The van der Waals surface area contributed by atoms with Crippen molar-refractivity contribution in [3.8, 4) is 17.0 Å². The summed E-state index contributed by atoms with van der Waals surface area (Å²) in [5.74, 6) is 0.0342. The lowest BCUT2D eigenvalue weighted by molar-refractivity contribution is 0.276. The third kappa shape index (κ3) is 3.25. The van der Waals surface area contributed by atoms with Crippen molar-refractivity contribution < 1.29 is 10.2 Å². The molecular weight excluding hydrogens is 335 g/mol. The van der Waals surface area contributed by atoms with Gasteiger partial charge in [-0.25, -0.2) is 4.98 Å². The molecule has 23 heavy (non-hydrogen) atoms. The molecule has 0 bridgehead atoms. The lowest BCUT2D eigenvalue weighted by Gasteiger charge is -2.30. The Hall–Kier alpha value is -1.49. The van der Waals surface area contributed by atoms with Crippen LogP contribution in [-0.2, 0) is 6.61 Å². The van der Waals surface area contributed by atoms with E-state index in [-0.39, 0.29) is 12.4 Å². The van der Waals surface area contributed by atoms with E-state index < -0.39 is 0 Å². The van der Waals surface area contributed by atoms with Gasteiger partial charge in [0, 0.05) is 24.7 Å². The number of aromatic hydroxyl groups is 1. The quantitative estimate of drug-likeness (QED) is 0.867. The number of halogens is 2. The second kappa shape index (κ2) is 6.95. The summed E-state index contributed by atoms with van der Waals surface area (Å²) in [4.78, 5) is 6.61. The zero-order valence-corrected chi connectivity index (χ0v) is 14.1. The topological polar surface area (TPSA) is 56.6 Å². The van der Waals surface area contributed by atoms with Gasteiger partial charge in [0.2, 0.25) is 0 Å². The van der Waals surface area contributed by atoms with Gasteiger partial charge in [0.05, 0.1) is 28.0 Å². The van der Waals surface area contributed by atoms with Crippen LogP contribution in [0.15, 0.2) is 24.3 Å². The lowest BCUT2D eigenvalue weighted by Crippen LogP contribution is -2.30. The number of aliphatic hydroxyl groups is 1. The zero-order chi connectivity index (χ0) is 16.4. The van der Waals surface area contributed by atoms with Crippen LogP contribution in [0, 0.1) is 0 Å². The van der Waals surface area contributed by atoms with Gasteiger partial charge >= 0.3 is 0 Å². The third-order valence-corrected chi connectivity index (χ3v) is 4.93. The van der Waals surface area contributed by atoms with Gasteiger partial charge in [-0.3, -0.25) is 0 Å². The number of hydrogen-bond donors (Lipinski definition) is 2. The van der Waals surface area contributed by atoms with E-state index in [9.17, 15) is 10.2 Å². The molecule has 4 nitrogen and oxygen atoms in total. The van der Waals surface area contributed by atoms with E-state index in [1.54, 1.807) is 24.3 Å². The highest BCUT2D eigenvalue weighted by Gasteiger charge is 2.20. The first-order chi connectivity index (χ1) is 11.1. The second-order valence-corrected chi connectivity index (χ2v) is 6.41. The van der Waals surface area contributed by atoms with Gasteiger partial charge in [-0.1, -0.05) is 35.3 Å². The Labute approximate surface area is 145 Å². The third-order valence-electron chi connectivity index (χ3n) is 4.11. The molecule has 0 saturated carbocycles. The van der Waals surface area contributed by atoms with Gasteiger partial charge in [0.15, 0.2) is 0 Å². The molecule has 0 atom stereocenters. The van der Waals surface area contributed by atoms with E-state index in [1.807, 2.05) is 0 Å². The highest BCUT2D eigenvalue weighted by Crippen LogP contribution is 2.39. The summed E-state index contributed by atoms with van der Waals surface area (Å²) in [7, 11) is 0. The molecule has 122 valence electrons. The van der Waals surface area contributed by atoms with Crippen molar-refractivity contribution in [1.82, 2.24) is 4.98 Å². The molecule has 1 saturated heterocycles. The van der Waals surface area contributed by atoms with E-state index in [2.05, 4.69) is 9.88 Å². The Kier molecular flexibility index (Phi) is 4.95. The Morgan fingerprint density at radius 1 is 1.13 bits per heavy atom. The van der Waals surface area contributed by atoms with Crippen molar-refractivity contribution in [3.63, 3.8) is 0 Å². The summed E-state index contributed by atoms with van der Waals surface area (Å²) in [5.41, 5.74) is 2.21. The Morgan fingerprint density at radius 3 is 2.57 bits per heavy atom. The number of rotatable bonds is 3. The van der Waals surface area contributed by atoms with E-state index in [0.29, 0.717) is 27.0 Å². The van der Waals surface area contributed by atoms with Crippen molar-refractivity contribution >= 4 is 28.9 Å². The molecule has 3 rings (SSSR count). The summed E-state index contributed by atoms with van der Waals surface area (Å²) in [6, 6.07) is 6.84.